The summed E-state index contributed by atoms with van der Waals surface area (Å²) < 4.78 is 15.4. The second-order valence-electron chi connectivity index (χ2n) is 2.32. The Balaban J connectivity index is 0. The van der Waals surface area contributed by atoms with Crippen molar-refractivity contribution in [3.05, 3.63) is 0 Å². The highest BCUT2D eigenvalue weighted by atomic mass is 35.5. The van der Waals surface area contributed by atoms with E-state index in [0.29, 0.717) is 19.8 Å². The lowest BCUT2D eigenvalue weighted by Gasteiger charge is -2.27. The van der Waals surface area contributed by atoms with Crippen LogP contribution in [-0.2, 0) is 14.2 Å². The van der Waals surface area contributed by atoms with Gasteiger partial charge in [-0.25, -0.2) is 0 Å². The predicted octanol–water partition coefficient (Wildman–Crippen LogP) is 1.48. The van der Waals surface area contributed by atoms with Gasteiger partial charge in [-0.3, -0.25) is 5.73 Å². The van der Waals surface area contributed by atoms with Crippen molar-refractivity contribution in [1.82, 2.24) is 0 Å². The monoisotopic (exact) mass is 213 g/mol. The summed E-state index contributed by atoms with van der Waals surface area (Å²) in [5.41, 5.74) is 5.64. The summed E-state index contributed by atoms with van der Waals surface area (Å²) in [6.45, 7) is 7.17. The summed E-state index contributed by atoms with van der Waals surface area (Å²) in [5, 5.41) is 0. The number of halogens is 1. The molecule has 0 unspecified atom stereocenters. The SMILES string of the molecule is CCCOC(N)(OCC)OCC.Cl. The minimum absolute atomic E-state index is 0. The highest BCUT2D eigenvalue weighted by molar-refractivity contribution is 5.85. The van der Waals surface area contributed by atoms with Crippen LogP contribution in [0.15, 0.2) is 0 Å². The minimum Gasteiger partial charge on any atom is -0.315 e. The highest BCUT2D eigenvalue weighted by Gasteiger charge is 2.26. The van der Waals surface area contributed by atoms with Crippen LogP contribution < -0.4 is 5.73 Å². The third kappa shape index (κ3) is 7.22. The molecule has 82 valence electrons. The van der Waals surface area contributed by atoms with Crippen LogP contribution in [0.25, 0.3) is 0 Å². The number of nitrogens with two attached hydrogens (primary N) is 1. The zero-order valence-electron chi connectivity index (χ0n) is 8.54. The van der Waals surface area contributed by atoms with Gasteiger partial charge in [0.25, 0.3) is 0 Å². The fourth-order valence-electron chi connectivity index (χ4n) is 0.772. The molecule has 0 saturated heterocycles. The van der Waals surface area contributed by atoms with Gasteiger partial charge < -0.3 is 14.2 Å². The molecule has 0 saturated carbocycles. The van der Waals surface area contributed by atoms with Gasteiger partial charge in [0.15, 0.2) is 0 Å². The Kier molecular flexibility index (Phi) is 10.5. The van der Waals surface area contributed by atoms with Crippen molar-refractivity contribution in [2.45, 2.75) is 33.3 Å². The normalized spacial score (nSPS) is 11.1. The van der Waals surface area contributed by atoms with Gasteiger partial charge in [0.05, 0.1) is 19.8 Å². The van der Waals surface area contributed by atoms with Crippen LogP contribution in [0.5, 0.6) is 0 Å². The van der Waals surface area contributed by atoms with Crippen LogP contribution in [0.4, 0.5) is 0 Å². The van der Waals surface area contributed by atoms with Crippen molar-refractivity contribution in [3.8, 4) is 0 Å². The molecule has 0 radical (unpaired) electrons. The molecule has 0 aliphatic carbocycles. The summed E-state index contributed by atoms with van der Waals surface area (Å²) in [6.07, 6.45) is -0.460. The Morgan fingerprint density at radius 2 is 1.46 bits per heavy atom. The molecule has 4 nitrogen and oxygen atoms in total. The molecule has 0 atom stereocenters. The van der Waals surface area contributed by atoms with E-state index in [-0.39, 0.29) is 12.4 Å². The third-order valence-electron chi connectivity index (χ3n) is 1.20. The molecule has 13 heavy (non-hydrogen) atoms. The van der Waals surface area contributed by atoms with E-state index in [1.165, 1.54) is 0 Å². The van der Waals surface area contributed by atoms with Gasteiger partial charge in [-0.15, -0.1) is 12.4 Å². The first-order valence-electron chi connectivity index (χ1n) is 4.39. The van der Waals surface area contributed by atoms with Crippen LogP contribution >= 0.6 is 12.4 Å². The molecule has 0 bridgehead atoms. The summed E-state index contributed by atoms with van der Waals surface area (Å²) in [5.74, 6) is 0. The van der Waals surface area contributed by atoms with Gasteiger partial charge in [-0.1, -0.05) is 6.92 Å². The van der Waals surface area contributed by atoms with Crippen molar-refractivity contribution < 1.29 is 14.2 Å². The van der Waals surface area contributed by atoms with Gasteiger partial charge in [0.2, 0.25) is 0 Å². The van der Waals surface area contributed by atoms with Gasteiger partial charge in [0, 0.05) is 0 Å². The lowest BCUT2D eigenvalue weighted by atomic mass is 10.5. The molecule has 0 amide bonds. The van der Waals surface area contributed by atoms with E-state index in [4.69, 9.17) is 19.9 Å². The molecule has 5 heteroatoms. The van der Waals surface area contributed by atoms with Crippen LogP contribution in [0.1, 0.15) is 27.2 Å². The third-order valence-corrected chi connectivity index (χ3v) is 1.20. The lowest BCUT2D eigenvalue weighted by Crippen LogP contribution is -2.48. The van der Waals surface area contributed by atoms with Gasteiger partial charge in [0.1, 0.15) is 0 Å². The van der Waals surface area contributed by atoms with Crippen molar-refractivity contribution in [3.63, 3.8) is 0 Å². The fourth-order valence-corrected chi connectivity index (χ4v) is 0.772. The van der Waals surface area contributed by atoms with E-state index >= 15 is 0 Å². The zero-order chi connectivity index (χ0) is 9.45. The van der Waals surface area contributed by atoms with E-state index in [9.17, 15) is 0 Å². The summed E-state index contributed by atoms with van der Waals surface area (Å²) in [7, 11) is 0. The van der Waals surface area contributed by atoms with Crippen molar-refractivity contribution in [2.75, 3.05) is 19.8 Å². The van der Waals surface area contributed by atoms with E-state index in [2.05, 4.69) is 0 Å². The van der Waals surface area contributed by atoms with E-state index < -0.39 is 6.10 Å². The fraction of sp³-hybridized carbons (Fsp3) is 1.00. The van der Waals surface area contributed by atoms with E-state index in [1.807, 2.05) is 20.8 Å². The molecule has 0 aliphatic heterocycles. The number of hydrogen-bond donors (Lipinski definition) is 1. The van der Waals surface area contributed by atoms with E-state index in [0.717, 1.165) is 6.42 Å². The zero-order valence-corrected chi connectivity index (χ0v) is 9.36. The van der Waals surface area contributed by atoms with Crippen LogP contribution in [0.3, 0.4) is 0 Å². The molecule has 0 aliphatic rings. The van der Waals surface area contributed by atoms with E-state index in [1.54, 1.807) is 0 Å². The molecule has 0 aromatic heterocycles. The van der Waals surface area contributed by atoms with Crippen LogP contribution in [0, 0.1) is 0 Å². The first-order valence-corrected chi connectivity index (χ1v) is 4.39. The number of hydrogen-bond acceptors (Lipinski definition) is 4. The smallest absolute Gasteiger partial charge is 0.315 e. The lowest BCUT2D eigenvalue weighted by molar-refractivity contribution is -0.375. The van der Waals surface area contributed by atoms with Gasteiger partial charge in [-0.05, 0) is 20.3 Å². The average Bonchev–Trinajstić information content (AvgIpc) is 2.02. The Morgan fingerprint density at radius 3 is 1.77 bits per heavy atom. The maximum Gasteiger partial charge on any atom is 0.348 e. The van der Waals surface area contributed by atoms with Crippen molar-refractivity contribution in [1.29, 1.82) is 0 Å². The van der Waals surface area contributed by atoms with Crippen molar-refractivity contribution >= 4 is 12.4 Å². The second-order valence-corrected chi connectivity index (χ2v) is 2.32. The summed E-state index contributed by atoms with van der Waals surface area (Å²) >= 11 is 0. The maximum atomic E-state index is 5.64. The molecular formula is C8H20ClNO3. The topological polar surface area (TPSA) is 53.7 Å². The second kappa shape index (κ2) is 8.72. The molecule has 0 fully saturated rings. The molecule has 2 N–H and O–H groups in total. The van der Waals surface area contributed by atoms with Crippen LogP contribution in [-0.4, -0.2) is 25.9 Å². The molecule has 0 rings (SSSR count). The van der Waals surface area contributed by atoms with Crippen LogP contribution in [0.2, 0.25) is 0 Å². The van der Waals surface area contributed by atoms with Crippen molar-refractivity contribution in [2.24, 2.45) is 5.73 Å². The average molecular weight is 214 g/mol. The van der Waals surface area contributed by atoms with Gasteiger partial charge >= 0.3 is 6.10 Å². The molecule has 0 heterocycles. The standard InChI is InChI=1S/C8H19NO3.ClH/c1-4-7-12-8(9,10-5-2)11-6-3;/h4-7,9H2,1-3H3;1H. The largest absolute Gasteiger partial charge is 0.348 e. The Morgan fingerprint density at radius 1 is 1.00 bits per heavy atom. The Hall–Kier alpha value is 0.130. The molecule has 0 aromatic rings. The first kappa shape index (κ1) is 15.6. The highest BCUT2D eigenvalue weighted by Crippen LogP contribution is 2.07. The quantitative estimate of drug-likeness (QED) is 0.651. The minimum atomic E-state index is -1.35. The predicted molar refractivity (Wildman–Crippen MR) is 53.7 cm³/mol. The number of rotatable bonds is 7. The van der Waals surface area contributed by atoms with Gasteiger partial charge in [-0.2, -0.15) is 0 Å². The number of ether oxygens (including phenoxy) is 3. The molecule has 0 aromatic carbocycles. The molecular weight excluding hydrogens is 194 g/mol. The summed E-state index contributed by atoms with van der Waals surface area (Å²) in [4.78, 5) is 0. The molecule has 0 spiro atoms. The Labute approximate surface area is 86.1 Å². The first-order chi connectivity index (χ1) is 5.68. The summed E-state index contributed by atoms with van der Waals surface area (Å²) in [6, 6.07) is 0. The Bertz CT molecular complexity index is 108. The maximum absolute atomic E-state index is 5.64.